The average Bonchev–Trinajstić information content (AvgIpc) is 3.19. The van der Waals surface area contributed by atoms with Crippen molar-refractivity contribution in [3.8, 4) is 0 Å². The Morgan fingerprint density at radius 2 is 1.05 bits per heavy atom. The maximum absolute atomic E-state index is 12.9. The lowest BCUT2D eigenvalue weighted by molar-refractivity contribution is -0.870. The molecule has 0 aromatic heterocycles. The van der Waals surface area contributed by atoms with E-state index in [1.807, 2.05) is 27.2 Å². The van der Waals surface area contributed by atoms with Gasteiger partial charge in [0.2, 0.25) is 5.91 Å². The lowest BCUT2D eigenvalue weighted by Crippen LogP contribution is -2.45. The molecule has 0 heterocycles. The number of unbranched alkanes of at least 4 members (excludes halogenated alkanes) is 22. The Morgan fingerprint density at radius 1 is 0.610 bits per heavy atom. The van der Waals surface area contributed by atoms with Gasteiger partial charge in [-0.25, -0.2) is 0 Å². The minimum atomic E-state index is -4.60. The van der Waals surface area contributed by atoms with E-state index in [1.54, 1.807) is 6.08 Å². The Labute approximate surface area is 364 Å². The van der Waals surface area contributed by atoms with Crippen molar-refractivity contribution >= 4 is 13.7 Å². The lowest BCUT2D eigenvalue weighted by atomic mass is 10.0. The van der Waals surface area contributed by atoms with Crippen molar-refractivity contribution in [3.05, 3.63) is 60.8 Å². The fourth-order valence-corrected chi connectivity index (χ4v) is 7.38. The number of carbonyl (C=O) groups is 1. The van der Waals surface area contributed by atoms with Gasteiger partial charge < -0.3 is 28.8 Å². The Bertz CT molecular complexity index is 1140. The van der Waals surface area contributed by atoms with E-state index in [0.29, 0.717) is 17.4 Å². The maximum atomic E-state index is 12.9. The second kappa shape index (κ2) is 41.5. The first-order chi connectivity index (χ1) is 28.5. The molecule has 59 heavy (non-hydrogen) atoms. The van der Waals surface area contributed by atoms with Crippen molar-refractivity contribution in [2.24, 2.45) is 0 Å². The number of carbonyl (C=O) groups excluding carboxylic acids is 1. The standard InChI is InChI=1S/C50H93N2O6P/c1-6-8-10-12-14-16-18-20-22-24-25-26-28-29-31-33-35-37-39-41-43-49(53)48(47-58-59(55,56)57-46-45-52(3,4)5)51-50(54)44-42-40-38-36-34-32-30-27-23-21-19-17-15-13-11-9-7-2/h9,11,15,17,21,23,33,35,41,43,48-49,53H,6-8,10,12-14,16,18-20,22,24-32,34,36-40,42,44-47H2,1-5H3,(H-,51,54,55,56)/b11-9-,17-15-,23-21-,35-33+,43-41+. The van der Waals surface area contributed by atoms with Crippen molar-refractivity contribution in [1.29, 1.82) is 0 Å². The number of amides is 1. The highest BCUT2D eigenvalue weighted by atomic mass is 31.2. The SMILES string of the molecule is CC/C=C\C/C=C\C/C=C\CCCCCCCCCC(=O)NC(COP(=O)([O-])OCC[N+](C)(C)C)C(O)/C=C/CC/C=C/CCCCCCCCCCCCCCCC. The number of phosphoric acid groups is 1. The number of quaternary nitrogens is 1. The van der Waals surface area contributed by atoms with Crippen LogP contribution in [-0.2, 0) is 18.4 Å². The number of allylic oxidation sites excluding steroid dienone is 9. The molecule has 9 heteroatoms. The first kappa shape index (κ1) is 57.2. The van der Waals surface area contributed by atoms with E-state index in [9.17, 15) is 19.4 Å². The van der Waals surface area contributed by atoms with Crippen LogP contribution in [0, 0.1) is 0 Å². The first-order valence-corrected chi connectivity index (χ1v) is 25.6. The molecule has 344 valence electrons. The van der Waals surface area contributed by atoms with E-state index >= 15 is 0 Å². The van der Waals surface area contributed by atoms with E-state index in [1.165, 1.54) is 109 Å². The predicted molar refractivity (Wildman–Crippen MR) is 251 cm³/mol. The van der Waals surface area contributed by atoms with Gasteiger partial charge in [-0.2, -0.15) is 0 Å². The summed E-state index contributed by atoms with van der Waals surface area (Å²) < 4.78 is 23.2. The molecule has 2 N–H and O–H groups in total. The van der Waals surface area contributed by atoms with Crippen LogP contribution in [0.3, 0.4) is 0 Å². The molecule has 3 atom stereocenters. The summed E-state index contributed by atoms with van der Waals surface area (Å²) in [6, 6.07) is -0.910. The third-order valence-corrected chi connectivity index (χ3v) is 11.4. The van der Waals surface area contributed by atoms with Crippen molar-refractivity contribution in [2.75, 3.05) is 40.9 Å². The summed E-state index contributed by atoms with van der Waals surface area (Å²) in [6.45, 7) is 4.51. The van der Waals surface area contributed by atoms with Crippen LogP contribution in [0.5, 0.6) is 0 Å². The molecule has 8 nitrogen and oxygen atoms in total. The van der Waals surface area contributed by atoms with Gasteiger partial charge in [-0.3, -0.25) is 9.36 Å². The van der Waals surface area contributed by atoms with Crippen LogP contribution in [0.2, 0.25) is 0 Å². The average molecular weight is 849 g/mol. The highest BCUT2D eigenvalue weighted by Crippen LogP contribution is 2.38. The molecule has 0 aliphatic carbocycles. The second-order valence-electron chi connectivity index (χ2n) is 17.4. The number of phosphoric ester groups is 1. The van der Waals surface area contributed by atoms with Crippen LogP contribution in [0.25, 0.3) is 0 Å². The zero-order chi connectivity index (χ0) is 43.6. The Kier molecular flexibility index (Phi) is 40.3. The van der Waals surface area contributed by atoms with Gasteiger partial charge in [-0.15, -0.1) is 0 Å². The second-order valence-corrected chi connectivity index (χ2v) is 18.8. The number of hydrogen-bond donors (Lipinski definition) is 2. The number of hydrogen-bond acceptors (Lipinski definition) is 6. The van der Waals surface area contributed by atoms with Gasteiger partial charge in [0.25, 0.3) is 7.82 Å². The smallest absolute Gasteiger partial charge is 0.268 e. The molecule has 3 unspecified atom stereocenters. The zero-order valence-electron chi connectivity index (χ0n) is 38.9. The summed E-state index contributed by atoms with van der Waals surface area (Å²) in [6.07, 6.45) is 54.2. The summed E-state index contributed by atoms with van der Waals surface area (Å²) in [7, 11) is 1.23. The van der Waals surface area contributed by atoms with E-state index in [4.69, 9.17) is 9.05 Å². The fourth-order valence-electron chi connectivity index (χ4n) is 6.65. The van der Waals surface area contributed by atoms with Gasteiger partial charge in [0.15, 0.2) is 0 Å². The van der Waals surface area contributed by atoms with Crippen LogP contribution in [0.1, 0.15) is 200 Å². The molecule has 0 aromatic rings. The lowest BCUT2D eigenvalue weighted by Gasteiger charge is -2.29. The minimum Gasteiger partial charge on any atom is -0.756 e. The number of aliphatic hydroxyl groups is 1. The molecule has 0 saturated heterocycles. The van der Waals surface area contributed by atoms with Crippen LogP contribution in [0.4, 0.5) is 0 Å². The molecular formula is C50H93N2O6P. The van der Waals surface area contributed by atoms with Crippen molar-refractivity contribution in [1.82, 2.24) is 5.32 Å². The normalized spacial score (nSPS) is 14.8. The summed E-state index contributed by atoms with van der Waals surface area (Å²) in [5.74, 6) is -0.219. The number of nitrogens with one attached hydrogen (secondary N) is 1. The molecule has 0 rings (SSSR count). The molecule has 0 aliphatic rings. The van der Waals surface area contributed by atoms with Gasteiger partial charge in [-0.05, 0) is 64.2 Å². The minimum absolute atomic E-state index is 0.0107. The van der Waals surface area contributed by atoms with Crippen molar-refractivity contribution in [2.45, 2.75) is 212 Å². The third kappa shape index (κ3) is 44.1. The van der Waals surface area contributed by atoms with Gasteiger partial charge in [-0.1, -0.05) is 190 Å². The molecule has 0 aliphatic heterocycles. The quantitative estimate of drug-likeness (QED) is 0.0274. The molecule has 0 bridgehead atoms. The number of aliphatic hydroxyl groups excluding tert-OH is 1. The van der Waals surface area contributed by atoms with E-state index in [0.717, 1.165) is 70.6 Å². The van der Waals surface area contributed by atoms with Crippen LogP contribution in [-0.4, -0.2) is 68.5 Å². The number of rotatable bonds is 43. The summed E-state index contributed by atoms with van der Waals surface area (Å²) >= 11 is 0. The maximum Gasteiger partial charge on any atom is 0.268 e. The molecule has 0 spiro atoms. The van der Waals surface area contributed by atoms with Gasteiger partial charge in [0, 0.05) is 6.42 Å². The van der Waals surface area contributed by atoms with Crippen LogP contribution >= 0.6 is 7.82 Å². The highest BCUT2D eigenvalue weighted by molar-refractivity contribution is 7.45. The van der Waals surface area contributed by atoms with Crippen molar-refractivity contribution in [3.63, 3.8) is 0 Å². The Balaban J connectivity index is 4.43. The van der Waals surface area contributed by atoms with E-state index < -0.39 is 26.6 Å². The third-order valence-electron chi connectivity index (χ3n) is 10.5. The van der Waals surface area contributed by atoms with E-state index in [2.05, 4.69) is 67.8 Å². The van der Waals surface area contributed by atoms with Crippen LogP contribution < -0.4 is 10.2 Å². The molecule has 0 fully saturated rings. The van der Waals surface area contributed by atoms with E-state index in [-0.39, 0.29) is 12.5 Å². The number of likely N-dealkylation sites (N-methyl/N-ethyl adjacent to an activating group) is 1. The monoisotopic (exact) mass is 849 g/mol. The molecular weight excluding hydrogens is 756 g/mol. The first-order valence-electron chi connectivity index (χ1n) is 24.2. The molecule has 0 aromatic carbocycles. The fraction of sp³-hybridized carbons (Fsp3) is 0.780. The highest BCUT2D eigenvalue weighted by Gasteiger charge is 2.23. The molecule has 1 amide bonds. The van der Waals surface area contributed by atoms with Crippen LogP contribution in [0.15, 0.2) is 60.8 Å². The molecule has 0 saturated carbocycles. The summed E-state index contributed by atoms with van der Waals surface area (Å²) in [4.78, 5) is 25.4. The van der Waals surface area contributed by atoms with Gasteiger partial charge in [0.1, 0.15) is 13.2 Å². The number of nitrogens with zero attached hydrogens (tertiary/aromatic N) is 1. The predicted octanol–water partition coefficient (Wildman–Crippen LogP) is 13.2. The summed E-state index contributed by atoms with van der Waals surface area (Å²) in [5.41, 5.74) is 0. The largest absolute Gasteiger partial charge is 0.756 e. The van der Waals surface area contributed by atoms with Gasteiger partial charge >= 0.3 is 0 Å². The topological polar surface area (TPSA) is 108 Å². The summed E-state index contributed by atoms with van der Waals surface area (Å²) in [5, 5.41) is 13.8. The molecule has 0 radical (unpaired) electrons. The Hall–Kier alpha value is -1.80. The zero-order valence-corrected chi connectivity index (χ0v) is 39.8. The Morgan fingerprint density at radius 3 is 1.58 bits per heavy atom. The van der Waals surface area contributed by atoms with Crippen molar-refractivity contribution < 1.29 is 32.9 Å². The van der Waals surface area contributed by atoms with Gasteiger partial charge in [0.05, 0.1) is 39.9 Å².